The fraction of sp³-hybridized carbons (Fsp3) is 0.107. The Morgan fingerprint density at radius 3 is 2.44 bits per heavy atom. The maximum atomic E-state index is 12.4. The van der Waals surface area contributed by atoms with E-state index in [-0.39, 0.29) is 23.7 Å². The number of benzene rings is 3. The Labute approximate surface area is 211 Å². The number of hydrogen-bond donors (Lipinski definition) is 3. The number of aromatic nitrogens is 1. The number of phenols is 1. The van der Waals surface area contributed by atoms with E-state index in [4.69, 9.17) is 0 Å². The molecule has 8 heteroatoms. The lowest BCUT2D eigenvalue weighted by atomic mass is 9.84. The minimum absolute atomic E-state index is 0.00451. The first-order chi connectivity index (χ1) is 17.4. The van der Waals surface area contributed by atoms with Crippen molar-refractivity contribution in [3.8, 4) is 17.3 Å². The summed E-state index contributed by atoms with van der Waals surface area (Å²) in [6.45, 7) is 0. The Kier molecular flexibility index (Phi) is 6.12. The third-order valence-electron chi connectivity index (χ3n) is 6.23. The molecule has 0 radical (unpaired) electrons. The summed E-state index contributed by atoms with van der Waals surface area (Å²) < 4.78 is 1.67. The van der Waals surface area contributed by atoms with Crippen LogP contribution in [-0.4, -0.2) is 37.7 Å². The zero-order chi connectivity index (χ0) is 25.3. The number of aliphatic carboxylic acids is 1. The van der Waals surface area contributed by atoms with Crippen LogP contribution < -0.4 is 0 Å². The lowest BCUT2D eigenvalue weighted by molar-refractivity contribution is -0.141. The molecule has 0 saturated carbocycles. The summed E-state index contributed by atoms with van der Waals surface area (Å²) in [5.41, 5.74) is 1.13. The van der Waals surface area contributed by atoms with Crippen molar-refractivity contribution in [3.05, 3.63) is 96.6 Å². The second-order valence-corrected chi connectivity index (χ2v) is 9.28. The molecule has 5 rings (SSSR count). The van der Waals surface area contributed by atoms with Crippen molar-refractivity contribution in [2.24, 2.45) is 10.2 Å². The maximum absolute atomic E-state index is 12.4. The van der Waals surface area contributed by atoms with Gasteiger partial charge in [0, 0.05) is 28.0 Å². The standard InChI is InChI=1S/C28H23N3O4S/c1-36-20-14-12-19(13-15-20)31-23-10-4-2-9-22(23)25(26(31)33)29-30-28(27(34)35)16-6-7-18(17-28)21-8-3-5-11-24(21)32/h2-16,32-33H,17H2,1H3,(H,34,35). The highest BCUT2D eigenvalue weighted by Crippen LogP contribution is 2.43. The molecule has 180 valence electrons. The minimum Gasteiger partial charge on any atom is -0.507 e. The van der Waals surface area contributed by atoms with Gasteiger partial charge in [-0.25, -0.2) is 4.79 Å². The van der Waals surface area contributed by atoms with Crippen LogP contribution in [0.2, 0.25) is 0 Å². The quantitative estimate of drug-likeness (QED) is 0.203. The van der Waals surface area contributed by atoms with E-state index in [0.29, 0.717) is 16.5 Å². The molecular weight excluding hydrogens is 474 g/mol. The summed E-state index contributed by atoms with van der Waals surface area (Å²) in [6.07, 6.45) is 6.82. The normalized spacial score (nSPS) is 17.5. The lowest BCUT2D eigenvalue weighted by Gasteiger charge is -2.25. The summed E-state index contributed by atoms with van der Waals surface area (Å²) in [7, 11) is 0. The third kappa shape index (κ3) is 4.05. The number of hydrogen-bond acceptors (Lipinski definition) is 6. The number of nitrogens with zero attached hydrogens (tertiary/aromatic N) is 3. The number of phenolic OH excluding ortho intramolecular Hbond substituents is 1. The number of allylic oxidation sites excluding steroid dienone is 2. The zero-order valence-corrected chi connectivity index (χ0v) is 20.2. The van der Waals surface area contributed by atoms with Crippen LogP contribution in [0.5, 0.6) is 11.6 Å². The number of carbonyl (C=O) groups is 1. The topological polar surface area (TPSA) is 107 Å². The molecule has 1 heterocycles. The molecule has 3 N–H and O–H groups in total. The predicted octanol–water partition coefficient (Wildman–Crippen LogP) is 6.71. The van der Waals surface area contributed by atoms with Gasteiger partial charge in [-0.15, -0.1) is 16.9 Å². The molecule has 36 heavy (non-hydrogen) atoms. The van der Waals surface area contributed by atoms with Crippen LogP contribution in [0.25, 0.3) is 22.2 Å². The number of para-hydroxylation sites is 2. The smallest absolute Gasteiger partial charge is 0.337 e. The highest BCUT2D eigenvalue weighted by molar-refractivity contribution is 7.98. The number of thioether (sulfide) groups is 1. The van der Waals surface area contributed by atoms with E-state index in [0.717, 1.165) is 16.1 Å². The summed E-state index contributed by atoms with van der Waals surface area (Å²) in [5, 5.41) is 40.9. The summed E-state index contributed by atoms with van der Waals surface area (Å²) in [6, 6.07) is 21.9. The Morgan fingerprint density at radius 1 is 1.00 bits per heavy atom. The number of rotatable bonds is 6. The van der Waals surface area contributed by atoms with E-state index in [1.54, 1.807) is 52.7 Å². The average Bonchev–Trinajstić information content (AvgIpc) is 3.18. The first kappa shape index (κ1) is 23.4. The summed E-state index contributed by atoms with van der Waals surface area (Å²) >= 11 is 1.62. The molecule has 0 amide bonds. The summed E-state index contributed by atoms with van der Waals surface area (Å²) in [5.74, 6) is -1.25. The van der Waals surface area contributed by atoms with Crippen LogP contribution in [0, 0.1) is 0 Å². The largest absolute Gasteiger partial charge is 0.507 e. The molecule has 0 bridgehead atoms. The van der Waals surface area contributed by atoms with Crippen molar-refractivity contribution in [3.63, 3.8) is 0 Å². The highest BCUT2D eigenvalue weighted by Gasteiger charge is 2.39. The SMILES string of the molecule is CSc1ccc(-n2c(O)c(N=NC3(C(=O)O)C=CC=C(c4ccccc4O)C3)c3ccccc32)cc1. The highest BCUT2D eigenvalue weighted by atomic mass is 32.2. The second-order valence-electron chi connectivity index (χ2n) is 8.40. The molecule has 0 saturated heterocycles. The molecule has 7 nitrogen and oxygen atoms in total. The Balaban J connectivity index is 1.58. The molecular formula is C28H23N3O4S. The van der Waals surface area contributed by atoms with Crippen molar-refractivity contribution < 1.29 is 20.1 Å². The number of aromatic hydroxyl groups is 2. The molecule has 4 aromatic rings. The Bertz CT molecular complexity index is 1550. The van der Waals surface area contributed by atoms with Crippen molar-refractivity contribution in [2.75, 3.05) is 6.26 Å². The van der Waals surface area contributed by atoms with E-state index in [2.05, 4.69) is 10.2 Å². The Morgan fingerprint density at radius 2 is 1.72 bits per heavy atom. The van der Waals surface area contributed by atoms with Gasteiger partial charge in [-0.3, -0.25) is 4.57 Å². The molecule has 1 aliphatic rings. The maximum Gasteiger partial charge on any atom is 0.337 e. The van der Waals surface area contributed by atoms with Gasteiger partial charge in [0.2, 0.25) is 11.4 Å². The zero-order valence-electron chi connectivity index (χ0n) is 19.4. The van der Waals surface area contributed by atoms with E-state index < -0.39 is 11.5 Å². The number of carboxylic acid groups (broad SMARTS) is 1. The Hall–Kier alpha value is -4.30. The van der Waals surface area contributed by atoms with E-state index in [1.807, 2.05) is 54.8 Å². The van der Waals surface area contributed by atoms with Gasteiger partial charge in [0.15, 0.2) is 5.69 Å². The molecule has 1 aromatic heterocycles. The predicted molar refractivity (Wildman–Crippen MR) is 141 cm³/mol. The molecule has 0 fully saturated rings. The van der Waals surface area contributed by atoms with Crippen molar-refractivity contribution in [1.29, 1.82) is 0 Å². The first-order valence-electron chi connectivity index (χ1n) is 11.2. The average molecular weight is 498 g/mol. The first-order valence-corrected chi connectivity index (χ1v) is 12.5. The van der Waals surface area contributed by atoms with Gasteiger partial charge < -0.3 is 15.3 Å². The van der Waals surface area contributed by atoms with E-state index in [9.17, 15) is 20.1 Å². The van der Waals surface area contributed by atoms with Gasteiger partial charge >= 0.3 is 5.97 Å². The van der Waals surface area contributed by atoms with Gasteiger partial charge in [-0.05, 0) is 54.3 Å². The molecule has 3 aromatic carbocycles. The van der Waals surface area contributed by atoms with E-state index in [1.165, 1.54) is 6.08 Å². The second kappa shape index (κ2) is 9.39. The van der Waals surface area contributed by atoms with Crippen LogP contribution in [0.15, 0.2) is 106 Å². The third-order valence-corrected chi connectivity index (χ3v) is 6.98. The number of carboxylic acids is 1. The van der Waals surface area contributed by atoms with Crippen LogP contribution in [-0.2, 0) is 4.79 Å². The molecule has 1 aliphatic carbocycles. The minimum atomic E-state index is -1.69. The van der Waals surface area contributed by atoms with Crippen LogP contribution in [0.4, 0.5) is 5.69 Å². The fourth-order valence-corrected chi connectivity index (χ4v) is 4.77. The van der Waals surface area contributed by atoms with Gasteiger partial charge in [-0.2, -0.15) is 5.11 Å². The van der Waals surface area contributed by atoms with Gasteiger partial charge in [0.25, 0.3) is 0 Å². The van der Waals surface area contributed by atoms with Gasteiger partial charge in [0.05, 0.1) is 5.52 Å². The molecule has 1 atom stereocenters. The van der Waals surface area contributed by atoms with Crippen molar-refractivity contribution >= 4 is 39.9 Å². The van der Waals surface area contributed by atoms with Crippen molar-refractivity contribution in [2.45, 2.75) is 16.9 Å². The number of fused-ring (bicyclic) bond motifs is 1. The van der Waals surface area contributed by atoms with Gasteiger partial charge in [-0.1, -0.05) is 48.6 Å². The van der Waals surface area contributed by atoms with Crippen molar-refractivity contribution in [1.82, 2.24) is 4.57 Å². The van der Waals surface area contributed by atoms with Crippen LogP contribution in [0.1, 0.15) is 12.0 Å². The van der Waals surface area contributed by atoms with Crippen LogP contribution >= 0.6 is 11.8 Å². The number of azo groups is 1. The monoisotopic (exact) mass is 497 g/mol. The summed E-state index contributed by atoms with van der Waals surface area (Å²) in [4.78, 5) is 13.5. The lowest BCUT2D eigenvalue weighted by Crippen LogP contribution is -2.35. The molecule has 0 spiro atoms. The van der Waals surface area contributed by atoms with E-state index >= 15 is 0 Å². The molecule has 1 unspecified atom stereocenters. The van der Waals surface area contributed by atoms with Gasteiger partial charge in [0.1, 0.15) is 5.75 Å². The molecule has 0 aliphatic heterocycles. The van der Waals surface area contributed by atoms with Crippen LogP contribution in [0.3, 0.4) is 0 Å². The fourth-order valence-electron chi connectivity index (χ4n) is 4.36.